The van der Waals surface area contributed by atoms with E-state index in [1.165, 1.54) is 0 Å². The predicted molar refractivity (Wildman–Crippen MR) is 62.7 cm³/mol. The summed E-state index contributed by atoms with van der Waals surface area (Å²) < 4.78 is 0. The Hall–Kier alpha value is -2.92. The first-order chi connectivity index (χ1) is 10.0. The largest absolute Gasteiger partial charge is 0.480 e. The Morgan fingerprint density at radius 2 is 1.33 bits per heavy atom. The number of hydrogen-bond acceptors (Lipinski definition) is 8. The summed E-state index contributed by atoms with van der Waals surface area (Å²) in [6.07, 6.45) is -0.202. The van der Waals surface area contributed by atoms with Crippen molar-refractivity contribution in [3.05, 3.63) is 11.6 Å². The molecule has 0 amide bonds. The van der Waals surface area contributed by atoms with Gasteiger partial charge in [-0.25, -0.2) is 0 Å². The molecule has 12 nitrogen and oxygen atoms in total. The molecule has 0 saturated carbocycles. The monoisotopic (exact) mass is 296 g/mol. The van der Waals surface area contributed by atoms with Crippen molar-refractivity contribution in [3.8, 4) is 0 Å². The van der Waals surface area contributed by atoms with Gasteiger partial charge in [0.05, 0.1) is 0 Å². The van der Waals surface area contributed by atoms with E-state index in [1.807, 2.05) is 0 Å². The molecule has 21 heavy (non-hydrogen) atoms. The fraction of sp³-hybridized carbons (Fsp3) is 0.556. The lowest BCUT2D eigenvalue weighted by molar-refractivity contribution is -0.165. The van der Waals surface area contributed by atoms with Crippen LogP contribution in [0.1, 0.15) is 24.5 Å². The second-order valence-corrected chi connectivity index (χ2v) is 4.35. The second-order valence-electron chi connectivity index (χ2n) is 4.35. The molecule has 2 aromatic rings. The Morgan fingerprint density at radius 1 is 0.905 bits per heavy atom. The van der Waals surface area contributed by atoms with Gasteiger partial charge in [0.1, 0.15) is 0 Å². The van der Waals surface area contributed by atoms with E-state index in [0.29, 0.717) is 0 Å². The van der Waals surface area contributed by atoms with Crippen LogP contribution in [0.25, 0.3) is 0 Å². The van der Waals surface area contributed by atoms with Crippen LogP contribution >= 0.6 is 0 Å². The number of nitrogens with zero attached hydrogens (tertiary/aromatic N) is 6. The van der Waals surface area contributed by atoms with Crippen LogP contribution in [0.4, 0.5) is 0 Å². The number of aliphatic carboxylic acids is 2. The maximum Gasteiger partial charge on any atom is 0.321 e. The molecule has 0 aliphatic carbocycles. The summed E-state index contributed by atoms with van der Waals surface area (Å²) in [5.74, 6) is -2.35. The van der Waals surface area contributed by atoms with Gasteiger partial charge in [-0.1, -0.05) is 10.4 Å². The molecule has 0 unspecified atom stereocenters. The normalized spacial score (nSPS) is 11.4. The minimum Gasteiger partial charge on any atom is -0.480 e. The highest BCUT2D eigenvalue weighted by Crippen LogP contribution is 2.30. The van der Waals surface area contributed by atoms with Gasteiger partial charge < -0.3 is 10.2 Å². The average molecular weight is 296 g/mol. The molecule has 2 heterocycles. The molecule has 0 fully saturated rings. The standard InChI is InChI=1S/C9H12N8O4/c18-7(19)9(8(20)21,3-1-5-10-14-15-11-5)4-2-6-12-16-17-13-6/h1-4H2,(H,18,19)(H,20,21)(H,10,11,14,15)(H,12,13,16,17). The first-order valence-corrected chi connectivity index (χ1v) is 5.96. The van der Waals surface area contributed by atoms with E-state index in [-0.39, 0.29) is 37.3 Å². The van der Waals surface area contributed by atoms with Crippen LogP contribution in [0.2, 0.25) is 0 Å². The molecule has 0 radical (unpaired) electrons. The summed E-state index contributed by atoms with van der Waals surface area (Å²) in [6, 6.07) is 0. The minimum absolute atomic E-state index is 0.0708. The van der Waals surface area contributed by atoms with E-state index in [4.69, 9.17) is 0 Å². The Balaban J connectivity index is 2.12. The van der Waals surface area contributed by atoms with Crippen molar-refractivity contribution < 1.29 is 19.8 Å². The number of aromatic amines is 2. The topological polar surface area (TPSA) is 184 Å². The van der Waals surface area contributed by atoms with E-state index in [9.17, 15) is 19.8 Å². The lowest BCUT2D eigenvalue weighted by Gasteiger charge is -2.23. The van der Waals surface area contributed by atoms with Crippen LogP contribution in [-0.4, -0.2) is 63.4 Å². The zero-order valence-electron chi connectivity index (χ0n) is 10.7. The number of nitrogens with one attached hydrogen (secondary N) is 2. The second kappa shape index (κ2) is 6.02. The van der Waals surface area contributed by atoms with E-state index >= 15 is 0 Å². The molecule has 0 bridgehead atoms. The molecule has 0 aliphatic heterocycles. The third-order valence-corrected chi connectivity index (χ3v) is 3.15. The molecular weight excluding hydrogens is 284 g/mol. The Morgan fingerprint density at radius 3 is 1.62 bits per heavy atom. The van der Waals surface area contributed by atoms with Crippen molar-refractivity contribution in [2.24, 2.45) is 5.41 Å². The number of aromatic nitrogens is 8. The zero-order chi connectivity index (χ0) is 15.3. The van der Waals surface area contributed by atoms with E-state index < -0.39 is 17.4 Å². The van der Waals surface area contributed by atoms with Crippen molar-refractivity contribution in [2.75, 3.05) is 0 Å². The molecule has 112 valence electrons. The lowest BCUT2D eigenvalue weighted by atomic mass is 9.79. The number of H-pyrrole nitrogens is 2. The van der Waals surface area contributed by atoms with E-state index in [1.54, 1.807) is 0 Å². The molecule has 4 N–H and O–H groups in total. The van der Waals surface area contributed by atoms with Gasteiger partial charge in [-0.15, -0.1) is 20.4 Å². The van der Waals surface area contributed by atoms with Crippen LogP contribution in [0.5, 0.6) is 0 Å². The first kappa shape index (κ1) is 14.5. The Kier molecular flexibility index (Phi) is 4.15. The van der Waals surface area contributed by atoms with Gasteiger partial charge in [0.25, 0.3) is 0 Å². The summed E-state index contributed by atoms with van der Waals surface area (Å²) in [7, 11) is 0. The maximum atomic E-state index is 11.5. The Bertz CT molecular complexity index is 541. The molecule has 0 saturated heterocycles. The third kappa shape index (κ3) is 3.16. The molecule has 2 rings (SSSR count). The summed E-state index contributed by atoms with van der Waals surface area (Å²) in [5.41, 5.74) is -1.97. The number of rotatable bonds is 8. The van der Waals surface area contributed by atoms with E-state index in [0.717, 1.165) is 0 Å². The molecule has 12 heteroatoms. The average Bonchev–Trinajstić information content (AvgIpc) is 3.11. The number of carboxylic acids is 2. The van der Waals surface area contributed by atoms with Gasteiger partial charge >= 0.3 is 11.9 Å². The van der Waals surface area contributed by atoms with Gasteiger partial charge in [0.2, 0.25) is 0 Å². The van der Waals surface area contributed by atoms with Crippen molar-refractivity contribution in [2.45, 2.75) is 25.7 Å². The highest BCUT2D eigenvalue weighted by Gasteiger charge is 2.46. The van der Waals surface area contributed by atoms with Crippen molar-refractivity contribution in [1.29, 1.82) is 0 Å². The summed E-state index contributed by atoms with van der Waals surface area (Å²) in [4.78, 5) is 22.9. The fourth-order valence-corrected chi connectivity index (χ4v) is 1.87. The molecule has 0 aromatic carbocycles. The van der Waals surface area contributed by atoms with Gasteiger partial charge in [-0.05, 0) is 12.8 Å². The quantitative estimate of drug-likeness (QED) is 0.415. The van der Waals surface area contributed by atoms with Gasteiger partial charge in [-0.3, -0.25) is 9.59 Å². The van der Waals surface area contributed by atoms with Crippen molar-refractivity contribution in [3.63, 3.8) is 0 Å². The third-order valence-electron chi connectivity index (χ3n) is 3.15. The van der Waals surface area contributed by atoms with E-state index in [2.05, 4.69) is 41.2 Å². The maximum absolute atomic E-state index is 11.5. The van der Waals surface area contributed by atoms with Gasteiger partial charge in [0, 0.05) is 12.8 Å². The number of hydrogen-bond donors (Lipinski definition) is 4. The highest BCUT2D eigenvalue weighted by molar-refractivity contribution is 5.98. The highest BCUT2D eigenvalue weighted by atomic mass is 16.4. The van der Waals surface area contributed by atoms with Crippen LogP contribution < -0.4 is 0 Å². The summed E-state index contributed by atoms with van der Waals surface area (Å²) in [5, 5.41) is 44.5. The zero-order valence-corrected chi connectivity index (χ0v) is 10.7. The molecule has 2 aromatic heterocycles. The first-order valence-electron chi connectivity index (χ1n) is 5.96. The minimum atomic E-state index is -1.97. The molecule has 0 aliphatic rings. The van der Waals surface area contributed by atoms with Crippen molar-refractivity contribution >= 4 is 11.9 Å². The van der Waals surface area contributed by atoms with Crippen LogP contribution in [0.15, 0.2) is 0 Å². The summed E-state index contributed by atoms with van der Waals surface area (Å²) in [6.45, 7) is 0. The van der Waals surface area contributed by atoms with Gasteiger partial charge in [0.15, 0.2) is 17.1 Å². The summed E-state index contributed by atoms with van der Waals surface area (Å²) >= 11 is 0. The molecule has 0 spiro atoms. The van der Waals surface area contributed by atoms with Crippen LogP contribution in [0, 0.1) is 5.41 Å². The SMILES string of the molecule is O=C(O)C(CCc1nn[nH]n1)(CCc1nn[nH]n1)C(=O)O. The van der Waals surface area contributed by atoms with Crippen LogP contribution in [0.3, 0.4) is 0 Å². The van der Waals surface area contributed by atoms with Crippen LogP contribution in [-0.2, 0) is 22.4 Å². The lowest BCUT2D eigenvalue weighted by Crippen LogP contribution is -2.40. The van der Waals surface area contributed by atoms with Gasteiger partial charge in [-0.2, -0.15) is 10.4 Å². The smallest absolute Gasteiger partial charge is 0.321 e. The molecular formula is C9H12N8O4. The Labute approximate surface area is 117 Å². The van der Waals surface area contributed by atoms with Crippen molar-refractivity contribution in [1.82, 2.24) is 41.2 Å². The number of tetrazole rings is 2. The number of carbonyl (C=O) groups is 2. The number of carboxylic acid groups (broad SMARTS) is 2. The number of aryl methyl sites for hydroxylation is 2. The molecule has 0 atom stereocenters. The predicted octanol–water partition coefficient (Wildman–Crippen LogP) is -1.57. The fourth-order valence-electron chi connectivity index (χ4n) is 1.87.